The predicted molar refractivity (Wildman–Crippen MR) is 89.4 cm³/mol. The number of rotatable bonds is 9. The lowest BCUT2D eigenvalue weighted by Gasteiger charge is -2.35. The summed E-state index contributed by atoms with van der Waals surface area (Å²) in [7, 11) is 0. The molecule has 0 aromatic heterocycles. The maximum atomic E-state index is 5.64. The largest absolute Gasteiger partial charge is 0.329 e. The molecule has 5 heteroatoms. The molecule has 0 aromatic rings. The molecule has 2 aliphatic rings. The third kappa shape index (κ3) is 5.18. The summed E-state index contributed by atoms with van der Waals surface area (Å²) in [6, 6.07) is 1.48. The zero-order chi connectivity index (χ0) is 15.3. The van der Waals surface area contributed by atoms with Crippen LogP contribution in [0.25, 0.3) is 0 Å². The first-order valence-corrected chi connectivity index (χ1v) is 8.80. The Morgan fingerprint density at radius 2 is 1.67 bits per heavy atom. The van der Waals surface area contributed by atoms with Gasteiger partial charge in [-0.05, 0) is 6.92 Å². The standard InChI is InChI=1S/C16H36N5/c1-15(2)18-5-12-21(14-16(21)3)13-11-20-9-7-19(6-4-17)8-10-20/h15-16,18H,4-14,17H2,1-3H3/q+1. The van der Waals surface area contributed by atoms with Crippen LogP contribution in [-0.2, 0) is 0 Å². The minimum absolute atomic E-state index is 0.607. The molecular formula is C16H36N5+. The predicted octanol–water partition coefficient (Wildman–Crippen LogP) is -0.220. The van der Waals surface area contributed by atoms with Gasteiger partial charge in [0, 0.05) is 58.4 Å². The molecule has 0 amide bonds. The summed E-state index contributed by atoms with van der Waals surface area (Å²) in [5.41, 5.74) is 5.64. The van der Waals surface area contributed by atoms with E-state index in [4.69, 9.17) is 5.73 Å². The van der Waals surface area contributed by atoms with Gasteiger partial charge in [0.2, 0.25) is 0 Å². The topological polar surface area (TPSA) is 44.5 Å². The van der Waals surface area contributed by atoms with Crippen molar-refractivity contribution in [1.29, 1.82) is 0 Å². The molecule has 3 N–H and O–H groups in total. The summed E-state index contributed by atoms with van der Waals surface area (Å²) in [5.74, 6) is 0. The lowest BCUT2D eigenvalue weighted by molar-refractivity contribution is -0.811. The van der Waals surface area contributed by atoms with Crippen LogP contribution in [0.1, 0.15) is 20.8 Å². The molecule has 2 atom stereocenters. The van der Waals surface area contributed by atoms with Gasteiger partial charge < -0.3 is 15.5 Å². The highest BCUT2D eigenvalue weighted by atomic mass is 15.5. The lowest BCUT2D eigenvalue weighted by atomic mass is 10.3. The van der Waals surface area contributed by atoms with Crippen LogP contribution in [0.15, 0.2) is 0 Å². The van der Waals surface area contributed by atoms with Crippen LogP contribution in [0.2, 0.25) is 0 Å². The number of nitrogens with zero attached hydrogens (tertiary/aromatic N) is 3. The van der Waals surface area contributed by atoms with Crippen molar-refractivity contribution in [2.24, 2.45) is 5.73 Å². The van der Waals surface area contributed by atoms with Crippen LogP contribution in [-0.4, -0.2) is 98.4 Å². The fraction of sp³-hybridized carbons (Fsp3) is 1.00. The maximum Gasteiger partial charge on any atom is 0.136 e. The van der Waals surface area contributed by atoms with Crippen molar-refractivity contribution in [3.63, 3.8) is 0 Å². The van der Waals surface area contributed by atoms with E-state index in [1.54, 1.807) is 0 Å². The second-order valence-corrected chi connectivity index (χ2v) is 7.28. The second-order valence-electron chi connectivity index (χ2n) is 7.28. The summed E-state index contributed by atoms with van der Waals surface area (Å²) >= 11 is 0. The third-order valence-corrected chi connectivity index (χ3v) is 5.31. The Morgan fingerprint density at radius 3 is 2.14 bits per heavy atom. The number of piperazine rings is 1. The van der Waals surface area contributed by atoms with Crippen LogP contribution < -0.4 is 11.1 Å². The van der Waals surface area contributed by atoms with Crippen LogP contribution in [0.4, 0.5) is 0 Å². The maximum absolute atomic E-state index is 5.64. The molecule has 2 heterocycles. The monoisotopic (exact) mass is 298 g/mol. The van der Waals surface area contributed by atoms with Crippen molar-refractivity contribution < 1.29 is 4.48 Å². The summed E-state index contributed by atoms with van der Waals surface area (Å²) in [5, 5.41) is 3.57. The highest BCUT2D eigenvalue weighted by Crippen LogP contribution is 2.29. The molecule has 0 bridgehead atoms. The minimum Gasteiger partial charge on any atom is -0.329 e. The Bertz CT molecular complexity index is 301. The summed E-state index contributed by atoms with van der Waals surface area (Å²) in [6.45, 7) is 20.0. The van der Waals surface area contributed by atoms with E-state index in [1.165, 1.54) is 56.8 Å². The molecule has 2 saturated heterocycles. The Kier molecular flexibility index (Phi) is 6.44. The van der Waals surface area contributed by atoms with Crippen molar-refractivity contribution in [2.45, 2.75) is 32.9 Å². The van der Waals surface area contributed by atoms with Gasteiger partial charge in [0.05, 0.1) is 13.1 Å². The highest BCUT2D eigenvalue weighted by Gasteiger charge is 2.50. The first-order valence-electron chi connectivity index (χ1n) is 8.80. The minimum atomic E-state index is 0.607. The van der Waals surface area contributed by atoms with Crippen molar-refractivity contribution in [3.05, 3.63) is 0 Å². The SMILES string of the molecule is CC(C)NCC[N+]1(CCN2CCN(CCN)CC2)CC1C. The van der Waals surface area contributed by atoms with Crippen LogP contribution in [0.5, 0.6) is 0 Å². The van der Waals surface area contributed by atoms with Crippen LogP contribution >= 0.6 is 0 Å². The van der Waals surface area contributed by atoms with Gasteiger partial charge in [-0.2, -0.15) is 0 Å². The average molecular weight is 298 g/mol. The van der Waals surface area contributed by atoms with Gasteiger partial charge in [0.15, 0.2) is 0 Å². The van der Waals surface area contributed by atoms with Gasteiger partial charge in [0.25, 0.3) is 0 Å². The van der Waals surface area contributed by atoms with Crippen molar-refractivity contribution in [1.82, 2.24) is 15.1 Å². The first kappa shape index (κ1) is 17.2. The Hall–Kier alpha value is -0.200. The number of nitrogens with two attached hydrogens (primary N) is 1. The number of hydrogen-bond acceptors (Lipinski definition) is 4. The molecule has 5 nitrogen and oxygen atoms in total. The van der Waals surface area contributed by atoms with Gasteiger partial charge >= 0.3 is 0 Å². The van der Waals surface area contributed by atoms with Crippen molar-refractivity contribution >= 4 is 0 Å². The molecule has 2 aliphatic heterocycles. The Balaban J connectivity index is 1.65. The lowest BCUT2D eigenvalue weighted by Crippen LogP contribution is -2.50. The van der Waals surface area contributed by atoms with E-state index in [0.29, 0.717) is 6.04 Å². The van der Waals surface area contributed by atoms with Gasteiger partial charge in [0.1, 0.15) is 12.6 Å². The van der Waals surface area contributed by atoms with Gasteiger partial charge in [-0.3, -0.25) is 9.80 Å². The van der Waals surface area contributed by atoms with E-state index < -0.39 is 0 Å². The van der Waals surface area contributed by atoms with Crippen LogP contribution in [0.3, 0.4) is 0 Å². The normalized spacial score (nSPS) is 31.0. The van der Waals surface area contributed by atoms with Gasteiger partial charge in [-0.25, -0.2) is 0 Å². The molecule has 21 heavy (non-hydrogen) atoms. The summed E-state index contributed by atoms with van der Waals surface area (Å²) in [4.78, 5) is 5.14. The Labute approximate surface area is 131 Å². The molecule has 0 radical (unpaired) electrons. The van der Waals surface area contributed by atoms with E-state index in [-0.39, 0.29) is 0 Å². The summed E-state index contributed by atoms with van der Waals surface area (Å²) < 4.78 is 1.34. The van der Waals surface area contributed by atoms with E-state index in [9.17, 15) is 0 Å². The molecular weight excluding hydrogens is 262 g/mol. The van der Waals surface area contributed by atoms with Gasteiger partial charge in [-0.1, -0.05) is 13.8 Å². The quantitative estimate of drug-likeness (QED) is 0.456. The number of hydrogen-bond donors (Lipinski definition) is 2. The smallest absolute Gasteiger partial charge is 0.136 e. The molecule has 2 fully saturated rings. The first-order chi connectivity index (χ1) is 10.1. The van der Waals surface area contributed by atoms with E-state index in [1.807, 2.05) is 0 Å². The number of nitrogens with one attached hydrogen (secondary N) is 1. The van der Waals surface area contributed by atoms with E-state index in [2.05, 4.69) is 35.9 Å². The third-order valence-electron chi connectivity index (χ3n) is 5.31. The van der Waals surface area contributed by atoms with Crippen molar-refractivity contribution in [2.75, 3.05) is 72.0 Å². The molecule has 2 unspecified atom stereocenters. The molecule has 2 rings (SSSR count). The molecule has 0 saturated carbocycles. The average Bonchev–Trinajstić information content (AvgIpc) is 3.08. The Morgan fingerprint density at radius 1 is 1.10 bits per heavy atom. The highest BCUT2D eigenvalue weighted by molar-refractivity contribution is 4.75. The zero-order valence-electron chi connectivity index (χ0n) is 14.4. The van der Waals surface area contributed by atoms with E-state index in [0.717, 1.165) is 25.7 Å². The summed E-state index contributed by atoms with van der Waals surface area (Å²) in [6.07, 6.45) is 0. The molecule has 0 aromatic carbocycles. The molecule has 124 valence electrons. The van der Waals surface area contributed by atoms with E-state index >= 15 is 0 Å². The fourth-order valence-electron chi connectivity index (χ4n) is 3.55. The molecule has 0 aliphatic carbocycles. The van der Waals surface area contributed by atoms with Gasteiger partial charge in [-0.15, -0.1) is 0 Å². The molecule has 0 spiro atoms. The number of quaternary nitrogens is 1. The van der Waals surface area contributed by atoms with Crippen LogP contribution in [0, 0.1) is 0 Å². The zero-order valence-corrected chi connectivity index (χ0v) is 14.4. The van der Waals surface area contributed by atoms with Crippen molar-refractivity contribution in [3.8, 4) is 0 Å². The fourth-order valence-corrected chi connectivity index (χ4v) is 3.55. The second kappa shape index (κ2) is 7.88.